The number of carbonyl (C=O) groups excluding carboxylic acids is 1. The van der Waals surface area contributed by atoms with Gasteiger partial charge in [0.2, 0.25) is 5.91 Å². The first-order valence-electron chi connectivity index (χ1n) is 6.86. The summed E-state index contributed by atoms with van der Waals surface area (Å²) in [5.41, 5.74) is -0.481. The zero-order valence-corrected chi connectivity index (χ0v) is 12.4. The molecule has 2 N–H and O–H groups in total. The summed E-state index contributed by atoms with van der Waals surface area (Å²) in [6.07, 6.45) is 0.965. The molecule has 2 rings (SSSR count). The molecule has 1 aromatic rings. The molecule has 0 saturated heterocycles. The number of halogens is 2. The van der Waals surface area contributed by atoms with Crippen LogP contribution in [0.3, 0.4) is 0 Å². The van der Waals surface area contributed by atoms with Gasteiger partial charge in [-0.2, -0.15) is 0 Å². The predicted molar refractivity (Wildman–Crippen MR) is 76.0 cm³/mol. The predicted octanol–water partition coefficient (Wildman–Crippen LogP) is 2.31. The first-order chi connectivity index (χ1) is 9.86. The number of methoxy groups -OCH3 is 1. The summed E-state index contributed by atoms with van der Waals surface area (Å²) in [7, 11) is 1.66. The lowest BCUT2D eigenvalue weighted by molar-refractivity contribution is -0.119. The average Bonchev–Trinajstić information content (AvgIpc) is 2.42. The number of nitrogens with one attached hydrogen (secondary N) is 2. The van der Waals surface area contributed by atoms with E-state index in [0.717, 1.165) is 18.6 Å². The molecular weight excluding hydrogens is 278 g/mol. The molecule has 2 unspecified atom stereocenters. The van der Waals surface area contributed by atoms with Crippen LogP contribution in [0.2, 0.25) is 0 Å². The van der Waals surface area contributed by atoms with Gasteiger partial charge in [-0.3, -0.25) is 4.79 Å². The second kappa shape index (κ2) is 6.07. The second-order valence-electron chi connectivity index (χ2n) is 5.86. The van der Waals surface area contributed by atoms with Crippen molar-refractivity contribution in [1.82, 2.24) is 5.32 Å². The van der Waals surface area contributed by atoms with Gasteiger partial charge in [0.05, 0.1) is 12.6 Å². The summed E-state index contributed by atoms with van der Waals surface area (Å²) in [4.78, 5) is 11.8. The van der Waals surface area contributed by atoms with Crippen LogP contribution in [0, 0.1) is 17.0 Å². The smallest absolute Gasteiger partial charge is 0.238 e. The number of amides is 1. The molecule has 0 heterocycles. The molecule has 0 spiro atoms. The van der Waals surface area contributed by atoms with Crippen molar-refractivity contribution in [2.45, 2.75) is 32.4 Å². The van der Waals surface area contributed by atoms with Crippen molar-refractivity contribution in [3.63, 3.8) is 0 Å². The fourth-order valence-electron chi connectivity index (χ4n) is 2.65. The highest BCUT2D eigenvalue weighted by Gasteiger charge is 2.48. The highest BCUT2D eigenvalue weighted by molar-refractivity contribution is 5.92. The first-order valence-corrected chi connectivity index (χ1v) is 6.86. The maximum Gasteiger partial charge on any atom is 0.238 e. The highest BCUT2D eigenvalue weighted by atomic mass is 19.1. The number of ether oxygens (including phenoxy) is 1. The summed E-state index contributed by atoms with van der Waals surface area (Å²) in [6, 6.07) is 3.59. The van der Waals surface area contributed by atoms with Gasteiger partial charge >= 0.3 is 0 Å². The van der Waals surface area contributed by atoms with Crippen molar-refractivity contribution in [3.8, 4) is 0 Å². The van der Waals surface area contributed by atoms with E-state index in [1.54, 1.807) is 7.11 Å². The van der Waals surface area contributed by atoms with Gasteiger partial charge in [0, 0.05) is 18.6 Å². The van der Waals surface area contributed by atoms with Crippen LogP contribution in [0.25, 0.3) is 0 Å². The number of hydrogen-bond donors (Lipinski definition) is 2. The molecule has 1 aliphatic rings. The highest BCUT2D eigenvalue weighted by Crippen LogP contribution is 2.42. The number of benzene rings is 1. The van der Waals surface area contributed by atoms with Gasteiger partial charge < -0.3 is 15.4 Å². The number of hydrogen-bond acceptors (Lipinski definition) is 3. The minimum atomic E-state index is -0.785. The SMILES string of the molecule is COC1CC(NCC(=O)Nc2c(F)cccc2F)C1(C)C. The molecule has 0 aromatic heterocycles. The normalized spacial score (nSPS) is 23.5. The lowest BCUT2D eigenvalue weighted by Gasteiger charge is -2.51. The van der Waals surface area contributed by atoms with Crippen molar-refractivity contribution in [1.29, 1.82) is 0 Å². The van der Waals surface area contributed by atoms with Gasteiger partial charge in [0.15, 0.2) is 0 Å². The van der Waals surface area contributed by atoms with Crippen LogP contribution in [0.4, 0.5) is 14.5 Å². The van der Waals surface area contributed by atoms with Gasteiger partial charge in [0.25, 0.3) is 0 Å². The van der Waals surface area contributed by atoms with Crippen LogP contribution >= 0.6 is 0 Å². The lowest BCUT2D eigenvalue weighted by Crippen LogP contribution is -2.61. The van der Waals surface area contributed by atoms with Gasteiger partial charge in [-0.15, -0.1) is 0 Å². The van der Waals surface area contributed by atoms with Gasteiger partial charge in [-0.25, -0.2) is 8.78 Å². The van der Waals surface area contributed by atoms with E-state index < -0.39 is 23.2 Å². The summed E-state index contributed by atoms with van der Waals surface area (Å²) in [5, 5.41) is 5.35. The number of carbonyl (C=O) groups is 1. The quantitative estimate of drug-likeness (QED) is 0.877. The van der Waals surface area contributed by atoms with Crippen molar-refractivity contribution >= 4 is 11.6 Å². The van der Waals surface area contributed by atoms with Crippen LogP contribution in [-0.4, -0.2) is 31.7 Å². The van der Waals surface area contributed by atoms with Crippen LogP contribution in [-0.2, 0) is 9.53 Å². The third-order valence-corrected chi connectivity index (χ3v) is 4.20. The van der Waals surface area contributed by atoms with E-state index in [1.807, 2.05) is 0 Å². The van der Waals surface area contributed by atoms with Gasteiger partial charge in [-0.05, 0) is 18.6 Å². The Morgan fingerprint density at radius 1 is 1.38 bits per heavy atom. The monoisotopic (exact) mass is 298 g/mol. The Hall–Kier alpha value is -1.53. The Kier molecular flexibility index (Phi) is 4.58. The Morgan fingerprint density at radius 3 is 2.52 bits per heavy atom. The Labute approximate surface area is 122 Å². The van der Waals surface area contributed by atoms with E-state index >= 15 is 0 Å². The number of para-hydroxylation sites is 1. The Bertz CT molecular complexity index is 514. The molecule has 1 amide bonds. The molecule has 4 nitrogen and oxygen atoms in total. The third-order valence-electron chi connectivity index (χ3n) is 4.20. The summed E-state index contributed by atoms with van der Waals surface area (Å²) in [6.45, 7) is 4.10. The Morgan fingerprint density at radius 2 is 2.00 bits per heavy atom. The van der Waals surface area contributed by atoms with E-state index in [9.17, 15) is 13.6 Å². The molecule has 0 aliphatic heterocycles. The van der Waals surface area contributed by atoms with Crippen molar-refractivity contribution in [2.24, 2.45) is 5.41 Å². The molecule has 1 aromatic carbocycles. The molecule has 0 radical (unpaired) electrons. The summed E-state index contributed by atoms with van der Waals surface area (Å²) < 4.78 is 32.2. The largest absolute Gasteiger partial charge is 0.381 e. The maximum absolute atomic E-state index is 13.4. The van der Waals surface area contributed by atoms with Crippen molar-refractivity contribution < 1.29 is 18.3 Å². The standard InChI is InChI=1S/C15H20F2N2O2/c1-15(2)11(7-12(15)21-3)18-8-13(20)19-14-9(16)5-4-6-10(14)17/h4-6,11-12,18H,7-8H2,1-3H3,(H,19,20). The van der Waals surface area contributed by atoms with E-state index in [0.29, 0.717) is 0 Å². The van der Waals surface area contributed by atoms with Crippen LogP contribution in [0.1, 0.15) is 20.3 Å². The minimum absolute atomic E-state index is 0.00168. The van der Waals surface area contributed by atoms with Gasteiger partial charge in [0.1, 0.15) is 17.3 Å². The number of rotatable bonds is 5. The maximum atomic E-state index is 13.4. The second-order valence-corrected chi connectivity index (χ2v) is 5.86. The summed E-state index contributed by atoms with van der Waals surface area (Å²) in [5.74, 6) is -2.05. The van der Waals surface area contributed by atoms with Crippen molar-refractivity contribution in [3.05, 3.63) is 29.8 Å². The van der Waals surface area contributed by atoms with Crippen molar-refractivity contribution in [2.75, 3.05) is 19.0 Å². The minimum Gasteiger partial charge on any atom is -0.381 e. The van der Waals surface area contributed by atoms with E-state index in [1.165, 1.54) is 6.07 Å². The molecule has 1 aliphatic carbocycles. The van der Waals surface area contributed by atoms with E-state index in [2.05, 4.69) is 24.5 Å². The molecule has 2 atom stereocenters. The molecule has 116 valence electrons. The fourth-order valence-corrected chi connectivity index (χ4v) is 2.65. The molecular formula is C15H20F2N2O2. The van der Waals surface area contributed by atoms with Crippen LogP contribution in [0.5, 0.6) is 0 Å². The fraction of sp³-hybridized carbons (Fsp3) is 0.533. The third kappa shape index (κ3) is 3.22. The molecule has 1 saturated carbocycles. The molecule has 0 bridgehead atoms. The summed E-state index contributed by atoms with van der Waals surface area (Å²) >= 11 is 0. The van der Waals surface area contributed by atoms with E-state index in [-0.39, 0.29) is 24.1 Å². The van der Waals surface area contributed by atoms with E-state index in [4.69, 9.17) is 4.74 Å². The topological polar surface area (TPSA) is 50.4 Å². The molecule has 21 heavy (non-hydrogen) atoms. The van der Waals surface area contributed by atoms with Crippen LogP contribution < -0.4 is 10.6 Å². The zero-order valence-electron chi connectivity index (χ0n) is 12.4. The lowest BCUT2D eigenvalue weighted by atomic mass is 9.64. The molecule has 6 heteroatoms. The van der Waals surface area contributed by atoms with Gasteiger partial charge in [-0.1, -0.05) is 19.9 Å². The Balaban J connectivity index is 1.87. The molecule has 1 fully saturated rings. The number of anilines is 1. The van der Waals surface area contributed by atoms with Crippen LogP contribution in [0.15, 0.2) is 18.2 Å². The average molecular weight is 298 g/mol. The first kappa shape index (κ1) is 15.9. The zero-order chi connectivity index (χ0) is 15.6.